The number of likely N-dealkylation sites (tertiary alicyclic amines) is 1. The number of hydrogen-bond acceptors (Lipinski definition) is 4. The minimum absolute atomic E-state index is 0.0153. The first kappa shape index (κ1) is 16.6. The molecule has 1 saturated carbocycles. The van der Waals surface area contributed by atoms with Gasteiger partial charge in [0.15, 0.2) is 0 Å². The number of nitrogens with zero attached hydrogens (tertiary/aromatic N) is 2. The van der Waals surface area contributed by atoms with E-state index in [1.165, 1.54) is 0 Å². The molecule has 3 unspecified atom stereocenters. The van der Waals surface area contributed by atoms with E-state index in [1.54, 1.807) is 16.7 Å². The fourth-order valence-electron chi connectivity index (χ4n) is 3.89. The lowest BCUT2D eigenvalue weighted by Crippen LogP contribution is -2.50. The van der Waals surface area contributed by atoms with Crippen LogP contribution in [0.25, 0.3) is 0 Å². The Kier molecular flexibility index (Phi) is 5.14. The Morgan fingerprint density at radius 2 is 1.65 bits per heavy atom. The predicted octanol–water partition coefficient (Wildman–Crippen LogP) is 1.40. The van der Waals surface area contributed by atoms with Crippen LogP contribution >= 0.6 is 11.8 Å². The largest absolute Gasteiger partial charge is 0.481 e. The molecule has 23 heavy (non-hydrogen) atoms. The molecule has 7 heteroatoms. The van der Waals surface area contributed by atoms with E-state index in [0.717, 1.165) is 38.8 Å². The lowest BCUT2D eigenvalue weighted by molar-refractivity contribution is -0.149. The molecular weight excluding hydrogens is 316 g/mol. The number of aliphatic carboxylic acids is 1. The Labute approximate surface area is 140 Å². The minimum Gasteiger partial charge on any atom is -0.481 e. The molecule has 1 N–H and O–H groups in total. The molecule has 3 fully saturated rings. The van der Waals surface area contributed by atoms with Gasteiger partial charge in [-0.3, -0.25) is 14.4 Å². The average Bonchev–Trinajstić information content (AvgIpc) is 3.25. The molecule has 0 aromatic heterocycles. The zero-order valence-corrected chi connectivity index (χ0v) is 14.1. The summed E-state index contributed by atoms with van der Waals surface area (Å²) in [5.74, 6) is -0.181. The SMILES string of the molecule is O=C(O)C1CCCC(C(=O)N2CSCC2C(=O)N2CCCC2)C1. The second-order valence-electron chi connectivity index (χ2n) is 6.75. The highest BCUT2D eigenvalue weighted by Gasteiger charge is 2.41. The molecule has 1 aliphatic carbocycles. The molecule has 0 spiro atoms. The highest BCUT2D eigenvalue weighted by Crippen LogP contribution is 2.33. The molecule has 128 valence electrons. The summed E-state index contributed by atoms with van der Waals surface area (Å²) in [4.78, 5) is 40.3. The van der Waals surface area contributed by atoms with Crippen molar-refractivity contribution in [3.63, 3.8) is 0 Å². The van der Waals surface area contributed by atoms with Crippen molar-refractivity contribution in [3.8, 4) is 0 Å². The number of thioether (sulfide) groups is 1. The summed E-state index contributed by atoms with van der Waals surface area (Å²) in [5, 5.41) is 9.20. The summed E-state index contributed by atoms with van der Waals surface area (Å²) in [6.45, 7) is 1.60. The molecule has 3 aliphatic rings. The maximum absolute atomic E-state index is 12.8. The van der Waals surface area contributed by atoms with Crippen LogP contribution in [0.4, 0.5) is 0 Å². The molecule has 2 saturated heterocycles. The van der Waals surface area contributed by atoms with Gasteiger partial charge in [-0.25, -0.2) is 0 Å². The maximum Gasteiger partial charge on any atom is 0.306 e. The quantitative estimate of drug-likeness (QED) is 0.840. The molecule has 3 atom stereocenters. The van der Waals surface area contributed by atoms with Crippen LogP contribution in [0.2, 0.25) is 0 Å². The normalized spacial score (nSPS) is 31.4. The third-order valence-electron chi connectivity index (χ3n) is 5.24. The van der Waals surface area contributed by atoms with E-state index in [2.05, 4.69) is 0 Å². The molecule has 0 aromatic carbocycles. The minimum atomic E-state index is -0.803. The van der Waals surface area contributed by atoms with Gasteiger partial charge >= 0.3 is 5.97 Å². The van der Waals surface area contributed by atoms with E-state index in [-0.39, 0.29) is 23.8 Å². The average molecular weight is 340 g/mol. The highest BCUT2D eigenvalue weighted by molar-refractivity contribution is 7.99. The van der Waals surface area contributed by atoms with Crippen LogP contribution in [-0.4, -0.2) is 63.5 Å². The first-order chi connectivity index (χ1) is 11.1. The van der Waals surface area contributed by atoms with E-state index in [1.807, 2.05) is 4.90 Å². The maximum atomic E-state index is 12.8. The fourth-order valence-corrected chi connectivity index (χ4v) is 5.04. The van der Waals surface area contributed by atoms with Gasteiger partial charge in [-0.1, -0.05) is 6.42 Å². The van der Waals surface area contributed by atoms with Crippen molar-refractivity contribution in [2.45, 2.75) is 44.6 Å². The molecule has 2 aliphatic heterocycles. The molecule has 2 heterocycles. The number of carbonyl (C=O) groups excluding carboxylic acids is 2. The van der Waals surface area contributed by atoms with Crippen molar-refractivity contribution in [2.24, 2.45) is 11.8 Å². The van der Waals surface area contributed by atoms with Crippen molar-refractivity contribution in [1.82, 2.24) is 9.80 Å². The lowest BCUT2D eigenvalue weighted by Gasteiger charge is -2.32. The van der Waals surface area contributed by atoms with E-state index < -0.39 is 11.9 Å². The van der Waals surface area contributed by atoms with Crippen molar-refractivity contribution >= 4 is 29.5 Å². The van der Waals surface area contributed by atoms with Gasteiger partial charge in [-0.05, 0) is 32.1 Å². The van der Waals surface area contributed by atoms with Crippen LogP contribution in [0.3, 0.4) is 0 Å². The van der Waals surface area contributed by atoms with Crippen LogP contribution in [0.5, 0.6) is 0 Å². The zero-order valence-electron chi connectivity index (χ0n) is 13.3. The molecule has 0 aromatic rings. The third kappa shape index (κ3) is 3.49. The molecule has 2 amide bonds. The summed E-state index contributed by atoms with van der Waals surface area (Å²) in [6, 6.07) is -0.351. The number of carbonyl (C=O) groups is 3. The molecular formula is C16H24N2O4S. The van der Waals surface area contributed by atoms with Gasteiger partial charge in [0.05, 0.1) is 11.8 Å². The number of amides is 2. The van der Waals surface area contributed by atoms with E-state index >= 15 is 0 Å². The molecule has 0 bridgehead atoms. The summed E-state index contributed by atoms with van der Waals surface area (Å²) in [7, 11) is 0. The lowest BCUT2D eigenvalue weighted by atomic mass is 9.80. The van der Waals surface area contributed by atoms with Gasteiger partial charge in [-0.15, -0.1) is 11.8 Å². The molecule has 6 nitrogen and oxygen atoms in total. The van der Waals surface area contributed by atoms with Crippen LogP contribution in [0, 0.1) is 11.8 Å². The van der Waals surface area contributed by atoms with E-state index in [0.29, 0.717) is 24.5 Å². The molecule has 0 radical (unpaired) electrons. The first-order valence-electron chi connectivity index (χ1n) is 8.47. The van der Waals surface area contributed by atoms with Crippen molar-refractivity contribution in [2.75, 3.05) is 24.7 Å². The van der Waals surface area contributed by atoms with Crippen LogP contribution < -0.4 is 0 Å². The fraction of sp³-hybridized carbons (Fsp3) is 0.812. The Morgan fingerprint density at radius 1 is 0.957 bits per heavy atom. The second kappa shape index (κ2) is 7.11. The van der Waals surface area contributed by atoms with E-state index in [4.69, 9.17) is 0 Å². The van der Waals surface area contributed by atoms with Gasteiger partial charge in [0, 0.05) is 24.8 Å². The Balaban J connectivity index is 1.65. The van der Waals surface area contributed by atoms with E-state index in [9.17, 15) is 19.5 Å². The number of rotatable bonds is 3. The number of hydrogen-bond donors (Lipinski definition) is 1. The summed E-state index contributed by atoms with van der Waals surface area (Å²) in [5.41, 5.74) is 0. The van der Waals surface area contributed by atoms with Crippen LogP contribution in [0.15, 0.2) is 0 Å². The zero-order chi connectivity index (χ0) is 16.4. The van der Waals surface area contributed by atoms with Gasteiger partial charge in [0.2, 0.25) is 11.8 Å². The topological polar surface area (TPSA) is 77.9 Å². The summed E-state index contributed by atoms with van der Waals surface area (Å²) < 4.78 is 0. The van der Waals surface area contributed by atoms with Crippen molar-refractivity contribution < 1.29 is 19.5 Å². The predicted molar refractivity (Wildman–Crippen MR) is 86.9 cm³/mol. The Morgan fingerprint density at radius 3 is 2.35 bits per heavy atom. The summed E-state index contributed by atoms with van der Waals surface area (Å²) >= 11 is 1.62. The van der Waals surface area contributed by atoms with Gasteiger partial charge < -0.3 is 14.9 Å². The van der Waals surface area contributed by atoms with Crippen LogP contribution in [-0.2, 0) is 14.4 Å². The molecule has 3 rings (SSSR count). The van der Waals surface area contributed by atoms with Crippen LogP contribution in [0.1, 0.15) is 38.5 Å². The smallest absolute Gasteiger partial charge is 0.306 e. The van der Waals surface area contributed by atoms with Gasteiger partial charge in [-0.2, -0.15) is 0 Å². The van der Waals surface area contributed by atoms with Crippen molar-refractivity contribution in [3.05, 3.63) is 0 Å². The van der Waals surface area contributed by atoms with Crippen molar-refractivity contribution in [1.29, 1.82) is 0 Å². The number of carboxylic acids is 1. The summed E-state index contributed by atoms with van der Waals surface area (Å²) in [6.07, 6.45) is 4.68. The monoisotopic (exact) mass is 340 g/mol. The highest BCUT2D eigenvalue weighted by atomic mass is 32.2. The Hall–Kier alpha value is -1.24. The van der Waals surface area contributed by atoms with Gasteiger partial charge in [0.25, 0.3) is 0 Å². The first-order valence-corrected chi connectivity index (χ1v) is 9.63. The number of carboxylic acid groups (broad SMARTS) is 1. The standard InChI is InChI=1S/C16H24N2O4S/c19-14(11-4-3-5-12(8-11)16(21)22)18-10-23-9-13(18)15(20)17-6-1-2-7-17/h11-13H,1-10H2,(H,21,22). The Bertz CT molecular complexity index is 492. The third-order valence-corrected chi connectivity index (χ3v) is 6.25. The van der Waals surface area contributed by atoms with Gasteiger partial charge in [0.1, 0.15) is 6.04 Å². The second-order valence-corrected chi connectivity index (χ2v) is 7.75.